The van der Waals surface area contributed by atoms with E-state index < -0.39 is 0 Å². The first-order valence-corrected chi connectivity index (χ1v) is 9.99. The molecule has 1 aliphatic rings. The van der Waals surface area contributed by atoms with E-state index in [-0.39, 0.29) is 5.91 Å². The van der Waals surface area contributed by atoms with Gasteiger partial charge in [-0.15, -0.1) is 11.3 Å². The lowest BCUT2D eigenvalue weighted by atomic mass is 10.2. The van der Waals surface area contributed by atoms with Crippen LogP contribution in [0.3, 0.4) is 0 Å². The summed E-state index contributed by atoms with van der Waals surface area (Å²) in [5, 5.41) is 1.99. The molecule has 0 spiro atoms. The SMILES string of the molecule is O=C(/C=C/c1cnc2sccn12)N1CCN(C/C=C/c2ccccc2)CC1. The lowest BCUT2D eigenvalue weighted by Crippen LogP contribution is -2.48. The number of amides is 1. The number of carbonyl (C=O) groups excluding carboxylic acids is 1. The minimum absolute atomic E-state index is 0.0691. The summed E-state index contributed by atoms with van der Waals surface area (Å²) < 4.78 is 1.99. The van der Waals surface area contributed by atoms with Crippen LogP contribution >= 0.6 is 11.3 Å². The number of nitrogens with zero attached hydrogens (tertiary/aromatic N) is 4. The molecule has 3 heterocycles. The van der Waals surface area contributed by atoms with Gasteiger partial charge in [0.1, 0.15) is 0 Å². The van der Waals surface area contributed by atoms with Crippen LogP contribution in [0.15, 0.2) is 60.3 Å². The van der Waals surface area contributed by atoms with Gasteiger partial charge in [0.15, 0.2) is 4.96 Å². The topological polar surface area (TPSA) is 40.9 Å². The molecule has 0 saturated carbocycles. The summed E-state index contributed by atoms with van der Waals surface area (Å²) in [6.45, 7) is 4.25. The molecule has 0 atom stereocenters. The summed E-state index contributed by atoms with van der Waals surface area (Å²) in [5.41, 5.74) is 2.15. The van der Waals surface area contributed by atoms with Crippen molar-refractivity contribution in [1.82, 2.24) is 19.2 Å². The zero-order valence-electron chi connectivity index (χ0n) is 15.1. The Morgan fingerprint density at radius 3 is 2.74 bits per heavy atom. The highest BCUT2D eigenvalue weighted by atomic mass is 32.1. The molecule has 4 rings (SSSR count). The zero-order chi connectivity index (χ0) is 18.5. The normalized spacial score (nSPS) is 16.1. The van der Waals surface area contributed by atoms with Gasteiger partial charge in [-0.25, -0.2) is 4.98 Å². The molecule has 1 aromatic carbocycles. The van der Waals surface area contributed by atoms with E-state index in [0.717, 1.165) is 43.4 Å². The van der Waals surface area contributed by atoms with E-state index in [9.17, 15) is 4.79 Å². The number of rotatable bonds is 5. The molecule has 0 unspecified atom stereocenters. The second-order valence-corrected chi connectivity index (χ2v) is 7.38. The quantitative estimate of drug-likeness (QED) is 0.640. The number of piperazine rings is 1. The van der Waals surface area contributed by atoms with Gasteiger partial charge in [-0.1, -0.05) is 42.5 Å². The predicted molar refractivity (Wildman–Crippen MR) is 111 cm³/mol. The van der Waals surface area contributed by atoms with E-state index in [0.29, 0.717) is 0 Å². The largest absolute Gasteiger partial charge is 0.337 e. The van der Waals surface area contributed by atoms with Gasteiger partial charge in [0.2, 0.25) is 5.91 Å². The summed E-state index contributed by atoms with van der Waals surface area (Å²) in [7, 11) is 0. The Bertz CT molecular complexity index is 949. The number of thiazole rings is 1. The van der Waals surface area contributed by atoms with E-state index >= 15 is 0 Å². The second kappa shape index (κ2) is 8.33. The third-order valence-electron chi connectivity index (χ3n) is 4.73. The van der Waals surface area contributed by atoms with E-state index in [1.807, 2.05) is 45.2 Å². The molecule has 0 N–H and O–H groups in total. The second-order valence-electron chi connectivity index (χ2n) is 6.51. The molecule has 1 fully saturated rings. The van der Waals surface area contributed by atoms with Gasteiger partial charge in [0.25, 0.3) is 0 Å². The van der Waals surface area contributed by atoms with Crippen LogP contribution in [-0.4, -0.2) is 57.8 Å². The van der Waals surface area contributed by atoms with Crippen molar-refractivity contribution in [2.45, 2.75) is 0 Å². The number of carbonyl (C=O) groups is 1. The standard InChI is InChI=1S/C21H22N4OS/c26-20(9-8-19-17-22-21-25(19)15-16-27-21)24-13-11-23(12-14-24)10-4-7-18-5-2-1-3-6-18/h1-9,15-17H,10-14H2/b7-4+,9-8+. The molecule has 3 aromatic rings. The average molecular weight is 379 g/mol. The Kier molecular flexibility index (Phi) is 5.46. The molecule has 5 nitrogen and oxygen atoms in total. The molecule has 0 aliphatic carbocycles. The maximum atomic E-state index is 12.5. The van der Waals surface area contributed by atoms with Gasteiger partial charge < -0.3 is 4.90 Å². The number of imidazole rings is 1. The summed E-state index contributed by atoms with van der Waals surface area (Å²) in [6, 6.07) is 10.3. The minimum Gasteiger partial charge on any atom is -0.337 e. The van der Waals surface area contributed by atoms with Crippen LogP contribution < -0.4 is 0 Å². The van der Waals surface area contributed by atoms with E-state index in [4.69, 9.17) is 0 Å². The maximum absolute atomic E-state index is 12.5. The fourth-order valence-electron chi connectivity index (χ4n) is 3.18. The van der Waals surface area contributed by atoms with Gasteiger partial charge >= 0.3 is 0 Å². The Morgan fingerprint density at radius 1 is 1.11 bits per heavy atom. The summed E-state index contributed by atoms with van der Waals surface area (Å²) >= 11 is 1.59. The minimum atomic E-state index is 0.0691. The number of benzene rings is 1. The van der Waals surface area contributed by atoms with Gasteiger partial charge in [0, 0.05) is 50.4 Å². The van der Waals surface area contributed by atoms with Crippen LogP contribution in [0.5, 0.6) is 0 Å². The van der Waals surface area contributed by atoms with Crippen molar-refractivity contribution in [2.24, 2.45) is 0 Å². The molecule has 6 heteroatoms. The average Bonchev–Trinajstić information content (AvgIpc) is 3.32. The Balaban J connectivity index is 1.26. The van der Waals surface area contributed by atoms with Gasteiger partial charge in [0.05, 0.1) is 11.9 Å². The summed E-state index contributed by atoms with van der Waals surface area (Å²) in [4.78, 5) is 22.0. The Labute approximate surface area is 162 Å². The van der Waals surface area contributed by atoms with Crippen LogP contribution in [0.4, 0.5) is 0 Å². The highest BCUT2D eigenvalue weighted by Crippen LogP contribution is 2.14. The van der Waals surface area contributed by atoms with Crippen LogP contribution in [0.2, 0.25) is 0 Å². The first-order valence-electron chi connectivity index (χ1n) is 9.11. The Hall–Kier alpha value is -2.70. The van der Waals surface area contributed by atoms with Crippen molar-refractivity contribution >= 4 is 34.4 Å². The van der Waals surface area contributed by atoms with Gasteiger partial charge in [-0.3, -0.25) is 14.1 Å². The number of hydrogen-bond acceptors (Lipinski definition) is 4. The lowest BCUT2D eigenvalue weighted by Gasteiger charge is -2.33. The molecule has 1 amide bonds. The van der Waals surface area contributed by atoms with Crippen LogP contribution in [0, 0.1) is 0 Å². The Morgan fingerprint density at radius 2 is 1.93 bits per heavy atom. The fourth-order valence-corrected chi connectivity index (χ4v) is 3.88. The van der Waals surface area contributed by atoms with Crippen molar-refractivity contribution in [3.63, 3.8) is 0 Å². The lowest BCUT2D eigenvalue weighted by molar-refractivity contribution is -0.127. The predicted octanol–water partition coefficient (Wildman–Crippen LogP) is 3.27. The van der Waals surface area contributed by atoms with E-state index in [1.165, 1.54) is 5.56 Å². The molecule has 138 valence electrons. The molecule has 0 radical (unpaired) electrons. The van der Waals surface area contributed by atoms with Crippen LogP contribution in [-0.2, 0) is 4.79 Å². The van der Waals surface area contributed by atoms with Gasteiger partial charge in [-0.05, 0) is 11.6 Å². The number of hydrogen-bond donors (Lipinski definition) is 0. The molecule has 1 aliphatic heterocycles. The van der Waals surface area contributed by atoms with E-state index in [1.54, 1.807) is 23.6 Å². The molecular weight excluding hydrogens is 356 g/mol. The fraction of sp³-hybridized carbons (Fsp3) is 0.238. The van der Waals surface area contributed by atoms with Crippen LogP contribution in [0.25, 0.3) is 17.1 Å². The molecule has 0 bridgehead atoms. The highest BCUT2D eigenvalue weighted by Gasteiger charge is 2.18. The van der Waals surface area contributed by atoms with E-state index in [2.05, 4.69) is 34.2 Å². The summed E-state index contributed by atoms with van der Waals surface area (Å²) in [6.07, 6.45) is 11.6. The number of fused-ring (bicyclic) bond motifs is 1. The monoisotopic (exact) mass is 378 g/mol. The highest BCUT2D eigenvalue weighted by molar-refractivity contribution is 7.15. The zero-order valence-corrected chi connectivity index (χ0v) is 15.9. The molecule has 2 aromatic heterocycles. The van der Waals surface area contributed by atoms with Crippen molar-refractivity contribution < 1.29 is 4.79 Å². The van der Waals surface area contributed by atoms with Crippen molar-refractivity contribution in [2.75, 3.05) is 32.7 Å². The van der Waals surface area contributed by atoms with Crippen molar-refractivity contribution in [1.29, 1.82) is 0 Å². The molecule has 1 saturated heterocycles. The first-order chi connectivity index (χ1) is 13.3. The smallest absolute Gasteiger partial charge is 0.246 e. The third kappa shape index (κ3) is 4.35. The van der Waals surface area contributed by atoms with Crippen LogP contribution in [0.1, 0.15) is 11.3 Å². The molecular formula is C21H22N4OS. The summed E-state index contributed by atoms with van der Waals surface area (Å²) in [5.74, 6) is 0.0691. The first kappa shape index (κ1) is 17.7. The molecule has 27 heavy (non-hydrogen) atoms. The van der Waals surface area contributed by atoms with Crippen molar-refractivity contribution in [3.05, 3.63) is 71.5 Å². The van der Waals surface area contributed by atoms with Crippen molar-refractivity contribution in [3.8, 4) is 0 Å². The van der Waals surface area contributed by atoms with Gasteiger partial charge in [-0.2, -0.15) is 0 Å². The maximum Gasteiger partial charge on any atom is 0.246 e. The third-order valence-corrected chi connectivity index (χ3v) is 5.50. The number of aromatic nitrogens is 2.